The van der Waals surface area contributed by atoms with Gasteiger partial charge in [0.05, 0.1) is 0 Å². The molecule has 0 heterocycles. The van der Waals surface area contributed by atoms with Gasteiger partial charge >= 0.3 is 29.2 Å². The molecule has 2 aromatic rings. The van der Waals surface area contributed by atoms with Gasteiger partial charge in [0.1, 0.15) is 0 Å². The fourth-order valence-corrected chi connectivity index (χ4v) is 8.94. The molecule has 0 amide bonds. The minimum Gasteiger partial charge on any atom is -0.0683 e. The molecule has 0 N–H and O–H groups in total. The van der Waals surface area contributed by atoms with E-state index in [0.717, 1.165) is 11.3 Å². The molecular formula is C24H31AuClP. The molecule has 2 saturated carbocycles. The number of rotatable bonds is 4. The summed E-state index contributed by atoms with van der Waals surface area (Å²) in [7, 11) is 4.55. The van der Waals surface area contributed by atoms with Crippen LogP contribution in [-0.4, -0.2) is 11.3 Å². The third kappa shape index (κ3) is 5.71. The third-order valence-corrected chi connectivity index (χ3v) is 9.76. The van der Waals surface area contributed by atoms with E-state index in [9.17, 15) is 0 Å². The van der Waals surface area contributed by atoms with Gasteiger partial charge in [0.2, 0.25) is 0 Å². The van der Waals surface area contributed by atoms with Gasteiger partial charge in [-0.2, -0.15) is 0 Å². The Balaban J connectivity index is 0.00000102. The summed E-state index contributed by atoms with van der Waals surface area (Å²) in [5.41, 5.74) is 4.87. The summed E-state index contributed by atoms with van der Waals surface area (Å²) in [5, 5.41) is 1.71. The second kappa shape index (κ2) is 11.8. The van der Waals surface area contributed by atoms with Crippen molar-refractivity contribution in [1.29, 1.82) is 0 Å². The predicted molar refractivity (Wildman–Crippen MR) is 118 cm³/mol. The van der Waals surface area contributed by atoms with Gasteiger partial charge in [0, 0.05) is 0 Å². The van der Waals surface area contributed by atoms with E-state index < -0.39 is 0 Å². The van der Waals surface area contributed by atoms with Crippen molar-refractivity contribution < 1.29 is 20.0 Å². The smallest absolute Gasteiger partial charge is 0.0107 e. The maximum atomic E-state index is 4.58. The summed E-state index contributed by atoms with van der Waals surface area (Å²) in [6.45, 7) is 0. The topological polar surface area (TPSA) is 0 Å². The van der Waals surface area contributed by atoms with E-state index in [4.69, 9.17) is 0 Å². The van der Waals surface area contributed by atoms with Crippen LogP contribution in [0.1, 0.15) is 64.2 Å². The van der Waals surface area contributed by atoms with Crippen molar-refractivity contribution in [3.63, 3.8) is 0 Å². The first kappa shape index (κ1) is 21.6. The first-order valence-electron chi connectivity index (χ1n) is 10.5. The van der Waals surface area contributed by atoms with Gasteiger partial charge in [0.15, 0.2) is 0 Å². The zero-order valence-electron chi connectivity index (χ0n) is 16.0. The van der Waals surface area contributed by atoms with Gasteiger partial charge in [-0.1, -0.05) is 101 Å². The Kier molecular flexibility index (Phi) is 9.44. The molecule has 2 aliphatic carbocycles. The number of hydrogen-bond acceptors (Lipinski definition) is 0. The standard InChI is InChI=1S/C24H31P.Au.ClH/c1-4-12-20(13-5-1)23-18-10-11-19-24(23)25(21-14-6-2-7-15-21)22-16-8-3-9-17-22;;/h1,4-5,10-13,18-19,21-22H,2-3,6-9,14-17H2;;1H/q;+1;/p-1. The van der Waals surface area contributed by atoms with Gasteiger partial charge < -0.3 is 0 Å². The summed E-state index contributed by atoms with van der Waals surface area (Å²) in [4.78, 5) is 0. The van der Waals surface area contributed by atoms with Gasteiger partial charge in [-0.15, -0.1) is 0 Å². The second-order valence-corrected chi connectivity index (χ2v) is 10.6. The van der Waals surface area contributed by atoms with Crippen LogP contribution in [0.4, 0.5) is 0 Å². The molecular weight excluding hydrogens is 552 g/mol. The van der Waals surface area contributed by atoms with Crippen LogP contribution in [0.15, 0.2) is 54.6 Å². The first-order chi connectivity index (χ1) is 13.4. The SMILES string of the molecule is [Cl][Au].c1ccc(-c2ccccc2P(C2CCCCC2)C2CCCCC2)cc1. The van der Waals surface area contributed by atoms with Crippen LogP contribution < -0.4 is 5.30 Å². The second-order valence-electron chi connectivity index (χ2n) is 7.87. The van der Waals surface area contributed by atoms with Crippen LogP contribution in [0, 0.1) is 0 Å². The molecule has 2 fully saturated rings. The molecule has 0 aliphatic heterocycles. The summed E-state index contributed by atoms with van der Waals surface area (Å²) >= 11 is 1.75. The van der Waals surface area contributed by atoms with Crippen molar-refractivity contribution in [3.05, 3.63) is 54.6 Å². The third-order valence-electron chi connectivity index (χ3n) is 6.20. The summed E-state index contributed by atoms with van der Waals surface area (Å²) in [6, 6.07) is 20.5. The van der Waals surface area contributed by atoms with E-state index in [1.807, 2.05) is 0 Å². The average molecular weight is 583 g/mol. The minimum atomic E-state index is -0.0365. The summed E-state index contributed by atoms with van der Waals surface area (Å²) in [6.07, 6.45) is 14.7. The molecule has 4 rings (SSSR count). The molecule has 0 unspecified atom stereocenters. The zero-order valence-corrected chi connectivity index (χ0v) is 19.9. The first-order valence-corrected chi connectivity index (χ1v) is 14.6. The van der Waals surface area contributed by atoms with Crippen molar-refractivity contribution >= 4 is 22.4 Å². The summed E-state index contributed by atoms with van der Waals surface area (Å²) in [5.74, 6) is 0. The Bertz CT molecular complexity index is 645. The van der Waals surface area contributed by atoms with Gasteiger partial charge in [-0.05, 0) is 53.4 Å². The molecule has 0 aromatic heterocycles. The Hall–Kier alpha value is -0.0997. The molecule has 0 atom stereocenters. The van der Waals surface area contributed by atoms with E-state index in [-0.39, 0.29) is 7.92 Å². The monoisotopic (exact) mass is 582 g/mol. The minimum absolute atomic E-state index is 0.0365. The molecule has 0 spiro atoms. The largest absolute Gasteiger partial charge is 0.0683 e. The van der Waals surface area contributed by atoms with Gasteiger partial charge in [-0.25, -0.2) is 0 Å². The van der Waals surface area contributed by atoms with Crippen molar-refractivity contribution in [2.24, 2.45) is 0 Å². The van der Waals surface area contributed by atoms with E-state index in [0.29, 0.717) is 0 Å². The molecule has 0 bridgehead atoms. The molecule has 150 valence electrons. The average Bonchev–Trinajstić information content (AvgIpc) is 2.78. The van der Waals surface area contributed by atoms with E-state index in [1.165, 1.54) is 75.3 Å². The molecule has 0 saturated heterocycles. The fourth-order valence-electron chi connectivity index (χ4n) is 4.97. The summed E-state index contributed by atoms with van der Waals surface area (Å²) < 4.78 is 0. The maximum absolute atomic E-state index is 4.58. The van der Waals surface area contributed by atoms with Crippen molar-refractivity contribution in [1.82, 2.24) is 0 Å². The van der Waals surface area contributed by atoms with Crippen molar-refractivity contribution in [2.45, 2.75) is 75.5 Å². The van der Waals surface area contributed by atoms with Gasteiger partial charge in [-0.3, -0.25) is 0 Å². The van der Waals surface area contributed by atoms with E-state index >= 15 is 0 Å². The van der Waals surface area contributed by atoms with Crippen LogP contribution in [0.2, 0.25) is 0 Å². The van der Waals surface area contributed by atoms with Crippen LogP contribution in [0.3, 0.4) is 0 Å². The molecule has 3 heteroatoms. The Morgan fingerprint density at radius 1 is 0.630 bits per heavy atom. The van der Waals surface area contributed by atoms with Crippen molar-refractivity contribution in [2.75, 3.05) is 0 Å². The maximum Gasteiger partial charge on any atom is -0.0107 e. The van der Waals surface area contributed by atoms with Crippen LogP contribution in [-0.2, 0) is 20.0 Å². The Morgan fingerprint density at radius 2 is 1.11 bits per heavy atom. The predicted octanol–water partition coefficient (Wildman–Crippen LogP) is 7.81. The van der Waals surface area contributed by atoms with Crippen LogP contribution in [0.5, 0.6) is 0 Å². The number of halogens is 1. The molecule has 2 aromatic carbocycles. The Labute approximate surface area is 183 Å². The van der Waals surface area contributed by atoms with Crippen LogP contribution in [0.25, 0.3) is 11.1 Å². The molecule has 0 radical (unpaired) electrons. The number of hydrogen-bond donors (Lipinski definition) is 0. The molecule has 27 heavy (non-hydrogen) atoms. The van der Waals surface area contributed by atoms with Crippen LogP contribution >= 0.6 is 17.1 Å². The molecule has 0 nitrogen and oxygen atoms in total. The fraction of sp³-hybridized carbons (Fsp3) is 0.500. The number of benzene rings is 2. The normalized spacial score (nSPS) is 18.8. The zero-order chi connectivity index (χ0) is 18.9. The van der Waals surface area contributed by atoms with Gasteiger partial charge in [0.25, 0.3) is 0 Å². The van der Waals surface area contributed by atoms with Crippen molar-refractivity contribution in [3.8, 4) is 11.1 Å². The Morgan fingerprint density at radius 3 is 1.67 bits per heavy atom. The van der Waals surface area contributed by atoms with E-state index in [2.05, 4.69) is 63.8 Å². The van der Waals surface area contributed by atoms with E-state index in [1.54, 1.807) is 25.3 Å². The molecule has 2 aliphatic rings. The quantitative estimate of drug-likeness (QED) is 0.255.